The van der Waals surface area contributed by atoms with Crippen LogP contribution >= 0.6 is 0 Å². The second-order valence-electron chi connectivity index (χ2n) is 10.3. The lowest BCUT2D eigenvalue weighted by molar-refractivity contribution is -0.126. The molecule has 1 aromatic heterocycles. The largest absolute Gasteiger partial charge is 0.377 e. The molecule has 0 spiro atoms. The second kappa shape index (κ2) is 15.6. The maximum atomic E-state index is 12.4. The first-order chi connectivity index (χ1) is 17.2. The highest BCUT2D eigenvalue weighted by atomic mass is 32.2. The summed E-state index contributed by atoms with van der Waals surface area (Å²) in [6.07, 6.45) is 1.30. The monoisotopic (exact) mass is 547 g/mol. The van der Waals surface area contributed by atoms with Crippen molar-refractivity contribution >= 4 is 27.7 Å². The zero-order chi connectivity index (χ0) is 28.0. The number of aromatic amines is 1. The van der Waals surface area contributed by atoms with Crippen molar-refractivity contribution < 1.29 is 32.3 Å². The fraction of sp³-hybridized carbons (Fsp3) is 0.818. The van der Waals surface area contributed by atoms with Crippen molar-refractivity contribution in [3.8, 4) is 0 Å². The number of rotatable bonds is 19. The second-order valence-corrected chi connectivity index (χ2v) is 12.2. The van der Waals surface area contributed by atoms with Crippen LogP contribution in [0.4, 0.5) is 0 Å². The number of nitrogens with zero attached hydrogens (tertiary/aromatic N) is 3. The molecule has 0 radical (unpaired) electrons. The quantitative estimate of drug-likeness (QED) is 0.167. The predicted octanol–water partition coefficient (Wildman–Crippen LogP) is -0.304. The third kappa shape index (κ3) is 15.9. The lowest BCUT2D eigenvalue weighted by Crippen LogP contribution is -2.37. The van der Waals surface area contributed by atoms with E-state index >= 15 is 0 Å². The van der Waals surface area contributed by atoms with E-state index in [1.165, 1.54) is 7.05 Å². The predicted molar refractivity (Wildman–Crippen MR) is 135 cm³/mol. The Morgan fingerprint density at radius 2 is 1.68 bits per heavy atom. The molecule has 1 aromatic rings. The van der Waals surface area contributed by atoms with Crippen molar-refractivity contribution in [1.82, 2.24) is 36.0 Å². The highest BCUT2D eigenvalue weighted by molar-refractivity contribution is 7.90. The van der Waals surface area contributed by atoms with E-state index in [9.17, 15) is 22.8 Å². The summed E-state index contributed by atoms with van der Waals surface area (Å²) in [7, 11) is -2.34. The zero-order valence-electron chi connectivity index (χ0n) is 22.4. The van der Waals surface area contributed by atoms with Crippen LogP contribution in [0.15, 0.2) is 0 Å². The van der Waals surface area contributed by atoms with Crippen LogP contribution in [0, 0.1) is 10.8 Å². The summed E-state index contributed by atoms with van der Waals surface area (Å²) in [5.41, 5.74) is -0.698. The van der Waals surface area contributed by atoms with Gasteiger partial charge >= 0.3 is 0 Å². The van der Waals surface area contributed by atoms with Crippen LogP contribution in [0.2, 0.25) is 0 Å². The molecule has 37 heavy (non-hydrogen) atoms. The van der Waals surface area contributed by atoms with Gasteiger partial charge in [-0.3, -0.25) is 19.1 Å². The first-order valence-electron chi connectivity index (χ1n) is 12.1. The summed E-state index contributed by atoms with van der Waals surface area (Å²) >= 11 is 0. The molecule has 212 valence electrons. The van der Waals surface area contributed by atoms with Crippen LogP contribution < -0.4 is 15.4 Å². The minimum atomic E-state index is -3.86. The number of amides is 3. The SMILES string of the molecule is CNC(=O)COCCOCCNC(=O)CCCS(=O)(=O)NC(=O)CC(C)(C)CC(C)(C)Cc1nn[nH]n1. The van der Waals surface area contributed by atoms with Gasteiger partial charge < -0.3 is 20.1 Å². The minimum Gasteiger partial charge on any atom is -0.377 e. The Labute approximate surface area is 218 Å². The first kappa shape index (κ1) is 32.4. The Bertz CT molecular complexity index is 951. The van der Waals surface area contributed by atoms with E-state index in [-0.39, 0.29) is 75.2 Å². The molecule has 0 aliphatic carbocycles. The van der Waals surface area contributed by atoms with E-state index in [0.717, 1.165) is 0 Å². The van der Waals surface area contributed by atoms with Crippen molar-refractivity contribution in [1.29, 1.82) is 0 Å². The van der Waals surface area contributed by atoms with Crippen LogP contribution in [0.25, 0.3) is 0 Å². The molecule has 3 amide bonds. The summed E-state index contributed by atoms with van der Waals surface area (Å²) in [4.78, 5) is 35.3. The van der Waals surface area contributed by atoms with Crippen LogP contribution in [0.5, 0.6) is 0 Å². The number of tetrazole rings is 1. The number of hydrogen-bond acceptors (Lipinski definition) is 10. The van der Waals surface area contributed by atoms with Gasteiger partial charge in [0.1, 0.15) is 6.61 Å². The highest BCUT2D eigenvalue weighted by Gasteiger charge is 2.32. The summed E-state index contributed by atoms with van der Waals surface area (Å²) < 4.78 is 37.1. The average molecular weight is 548 g/mol. The number of sulfonamides is 1. The Balaban J connectivity index is 2.24. The topological polar surface area (TPSA) is 194 Å². The van der Waals surface area contributed by atoms with Gasteiger partial charge in [0, 0.05) is 32.9 Å². The number of hydrogen-bond donors (Lipinski definition) is 4. The molecular weight excluding hydrogens is 506 g/mol. The van der Waals surface area contributed by atoms with Crippen molar-refractivity contribution in [2.45, 2.75) is 59.8 Å². The lowest BCUT2D eigenvalue weighted by Gasteiger charge is -2.34. The maximum absolute atomic E-state index is 12.4. The summed E-state index contributed by atoms with van der Waals surface area (Å²) in [5, 5.41) is 19.0. The van der Waals surface area contributed by atoms with Gasteiger partial charge in [-0.2, -0.15) is 5.21 Å². The van der Waals surface area contributed by atoms with Gasteiger partial charge in [-0.25, -0.2) is 8.42 Å². The van der Waals surface area contributed by atoms with E-state index in [0.29, 0.717) is 18.7 Å². The standard InChI is InChI=1S/C22H41N7O7S/c1-21(2,13-17-25-28-29-26-17)16-22(3,4)14-19(31)27-37(33,34)12-6-7-18(30)24-8-9-35-10-11-36-15-20(32)23-5/h6-16H2,1-5H3,(H,23,32)(H,24,30)(H,27,31)(H,25,26,28,29). The number of aromatic nitrogens is 4. The van der Waals surface area contributed by atoms with Crippen molar-refractivity contribution in [3.63, 3.8) is 0 Å². The molecule has 1 rings (SSSR count). The van der Waals surface area contributed by atoms with Gasteiger partial charge in [0.2, 0.25) is 27.7 Å². The molecule has 0 saturated carbocycles. The van der Waals surface area contributed by atoms with Gasteiger partial charge in [-0.15, -0.1) is 10.2 Å². The van der Waals surface area contributed by atoms with Gasteiger partial charge in [-0.05, 0) is 23.7 Å². The van der Waals surface area contributed by atoms with Gasteiger partial charge in [0.05, 0.1) is 25.6 Å². The molecule has 0 saturated heterocycles. The normalized spacial score (nSPS) is 12.2. The first-order valence-corrected chi connectivity index (χ1v) is 13.8. The molecule has 14 nitrogen and oxygen atoms in total. The van der Waals surface area contributed by atoms with Crippen LogP contribution in [-0.4, -0.2) is 92.5 Å². The molecule has 0 fully saturated rings. The summed E-state index contributed by atoms with van der Waals surface area (Å²) in [6, 6.07) is 0. The number of carbonyl (C=O) groups is 3. The zero-order valence-corrected chi connectivity index (χ0v) is 23.2. The van der Waals surface area contributed by atoms with E-state index in [2.05, 4.69) is 36.0 Å². The molecule has 0 atom stereocenters. The fourth-order valence-electron chi connectivity index (χ4n) is 4.03. The van der Waals surface area contributed by atoms with Gasteiger partial charge in [-0.1, -0.05) is 32.9 Å². The third-order valence-corrected chi connectivity index (χ3v) is 6.53. The summed E-state index contributed by atoms with van der Waals surface area (Å²) in [5.74, 6) is -0.884. The fourth-order valence-corrected chi connectivity index (χ4v) is 5.08. The van der Waals surface area contributed by atoms with Crippen molar-refractivity contribution in [3.05, 3.63) is 5.82 Å². The molecule has 0 aliphatic heterocycles. The third-order valence-electron chi connectivity index (χ3n) is 5.16. The van der Waals surface area contributed by atoms with E-state index in [1.54, 1.807) is 0 Å². The lowest BCUT2D eigenvalue weighted by atomic mass is 9.71. The molecule has 1 heterocycles. The van der Waals surface area contributed by atoms with Crippen molar-refractivity contribution in [2.24, 2.45) is 10.8 Å². The highest BCUT2D eigenvalue weighted by Crippen LogP contribution is 2.37. The van der Waals surface area contributed by atoms with Crippen molar-refractivity contribution in [2.75, 3.05) is 45.8 Å². The van der Waals surface area contributed by atoms with Crippen LogP contribution in [0.1, 0.15) is 59.2 Å². The number of H-pyrrole nitrogens is 1. The van der Waals surface area contributed by atoms with Crippen LogP contribution in [-0.2, 0) is 40.3 Å². The maximum Gasteiger partial charge on any atom is 0.245 e. The Morgan fingerprint density at radius 1 is 0.973 bits per heavy atom. The Morgan fingerprint density at radius 3 is 2.32 bits per heavy atom. The Hall–Kier alpha value is -2.65. The van der Waals surface area contributed by atoms with E-state index in [1.807, 2.05) is 27.7 Å². The van der Waals surface area contributed by atoms with Crippen LogP contribution in [0.3, 0.4) is 0 Å². The molecule has 0 bridgehead atoms. The average Bonchev–Trinajstić information content (AvgIpc) is 3.25. The minimum absolute atomic E-state index is 0.000105. The number of likely N-dealkylation sites (N-methyl/N-ethyl adjacent to an activating group) is 1. The van der Waals surface area contributed by atoms with E-state index in [4.69, 9.17) is 9.47 Å². The van der Waals surface area contributed by atoms with Gasteiger partial charge in [0.15, 0.2) is 5.82 Å². The molecule has 0 unspecified atom stereocenters. The summed E-state index contributed by atoms with van der Waals surface area (Å²) in [6.45, 7) is 8.87. The molecule has 0 aromatic carbocycles. The number of carbonyl (C=O) groups excluding carboxylic acids is 3. The number of nitrogens with one attached hydrogen (secondary N) is 4. The molecule has 15 heteroatoms. The number of ether oxygens (including phenoxy) is 2. The van der Waals surface area contributed by atoms with E-state index < -0.39 is 21.3 Å². The Kier molecular flexibility index (Phi) is 13.6. The van der Waals surface area contributed by atoms with Gasteiger partial charge in [0.25, 0.3) is 0 Å². The molecule has 4 N–H and O–H groups in total. The molecule has 0 aliphatic rings. The molecular formula is C22H41N7O7S. The smallest absolute Gasteiger partial charge is 0.245 e.